The summed E-state index contributed by atoms with van der Waals surface area (Å²) in [6.45, 7) is 1.70. The smallest absolute Gasteiger partial charge is 0.223 e. The van der Waals surface area contributed by atoms with E-state index in [9.17, 15) is 34.4 Å². The molecule has 1 aromatic rings. The van der Waals surface area contributed by atoms with Crippen LogP contribution < -0.4 is 4.72 Å². The number of halogens is 5. The van der Waals surface area contributed by atoms with Crippen LogP contribution in [0.25, 0.3) is 0 Å². The highest BCUT2D eigenvalue weighted by Gasteiger charge is 2.58. The van der Waals surface area contributed by atoms with E-state index in [2.05, 4.69) is 4.72 Å². The molecule has 0 bridgehead atoms. The number of alkyl halides is 3. The summed E-state index contributed by atoms with van der Waals surface area (Å²) >= 11 is 0. The Morgan fingerprint density at radius 2 is 1.77 bits per heavy atom. The van der Waals surface area contributed by atoms with Gasteiger partial charge in [-0.05, 0) is 74.4 Å². The number of benzene rings is 1. The van der Waals surface area contributed by atoms with E-state index in [4.69, 9.17) is 0 Å². The van der Waals surface area contributed by atoms with Gasteiger partial charge in [0.2, 0.25) is 10.0 Å². The minimum atomic E-state index is -4.67. The summed E-state index contributed by atoms with van der Waals surface area (Å²) < 4.78 is 122. The average Bonchev–Trinajstić information content (AvgIpc) is 2.79. The predicted molar refractivity (Wildman–Crippen MR) is 120 cm³/mol. The summed E-state index contributed by atoms with van der Waals surface area (Å²) in [5.41, 5.74) is -1.03. The third-order valence-corrected chi connectivity index (χ3v) is 12.3. The van der Waals surface area contributed by atoms with Gasteiger partial charge in [-0.1, -0.05) is 6.92 Å². The van der Waals surface area contributed by atoms with Crippen LogP contribution >= 0.6 is 0 Å². The molecule has 4 rings (SSSR count). The van der Waals surface area contributed by atoms with Gasteiger partial charge in [0.25, 0.3) is 0 Å². The highest BCUT2D eigenvalue weighted by Crippen LogP contribution is 2.53. The van der Waals surface area contributed by atoms with Gasteiger partial charge in [-0.2, -0.15) is 13.2 Å². The third kappa shape index (κ3) is 4.57. The molecular formula is C23H26F5NO4S2. The average molecular weight is 540 g/mol. The highest BCUT2D eigenvalue weighted by atomic mass is 32.2. The van der Waals surface area contributed by atoms with Gasteiger partial charge in [0.05, 0.1) is 20.5 Å². The van der Waals surface area contributed by atoms with Crippen LogP contribution in [0.5, 0.6) is 0 Å². The number of allylic oxidation sites excluding steroid dienone is 4. The summed E-state index contributed by atoms with van der Waals surface area (Å²) in [7, 11) is -8.06. The van der Waals surface area contributed by atoms with Crippen molar-refractivity contribution in [2.45, 2.75) is 72.6 Å². The molecular weight excluding hydrogens is 513 g/mol. The fourth-order valence-electron chi connectivity index (χ4n) is 5.77. The Morgan fingerprint density at radius 3 is 2.37 bits per heavy atom. The molecule has 1 heterocycles. The molecule has 2 aliphatic carbocycles. The van der Waals surface area contributed by atoms with Crippen LogP contribution in [-0.4, -0.2) is 32.9 Å². The monoisotopic (exact) mass is 539 g/mol. The summed E-state index contributed by atoms with van der Waals surface area (Å²) in [5, 5.41) is -0.753. The predicted octanol–water partition coefficient (Wildman–Crippen LogP) is 5.22. The summed E-state index contributed by atoms with van der Waals surface area (Å²) in [6.07, 6.45) is -3.12. The fraction of sp³-hybridized carbons (Fsp3) is 0.565. The molecule has 0 aromatic heterocycles. The van der Waals surface area contributed by atoms with Crippen molar-refractivity contribution in [3.05, 3.63) is 53.6 Å². The van der Waals surface area contributed by atoms with E-state index in [-0.39, 0.29) is 25.7 Å². The second-order valence-corrected chi connectivity index (χ2v) is 13.8. The molecule has 1 N–H and O–H groups in total. The first-order valence-corrected chi connectivity index (χ1v) is 14.4. The number of sulfone groups is 1. The standard InChI is InChI=1S/C23H26F5NO4S2/c1-2-17-11-14-13-22(10-9-21(14)29-35(17,32)33,19-12-16(24)5-8-20(19)25)34(30,31)18-6-3-15(4-7-18)23(26,27)28/h3-8,14,17,19,21,29H,2,9-13H2,1H3/t14-,17+,19?,21+,22-/m1/s1. The van der Waals surface area contributed by atoms with Crippen molar-refractivity contribution in [3.63, 3.8) is 0 Å². The van der Waals surface area contributed by atoms with Gasteiger partial charge in [-0.15, -0.1) is 0 Å². The lowest BCUT2D eigenvalue weighted by Crippen LogP contribution is -2.59. The lowest BCUT2D eigenvalue weighted by molar-refractivity contribution is -0.137. The Kier molecular flexibility index (Phi) is 6.72. The molecule has 1 aromatic carbocycles. The number of hydrogen-bond acceptors (Lipinski definition) is 4. The van der Waals surface area contributed by atoms with Gasteiger partial charge in [-0.25, -0.2) is 30.3 Å². The molecule has 0 spiro atoms. The fourth-order valence-corrected chi connectivity index (χ4v) is 9.99. The number of nitrogens with one attached hydrogen (secondary N) is 1. The Hall–Kier alpha value is -1.79. The van der Waals surface area contributed by atoms with Gasteiger partial charge >= 0.3 is 6.18 Å². The normalized spacial score (nSPS) is 33.4. The first-order valence-electron chi connectivity index (χ1n) is 11.4. The molecule has 1 aliphatic heterocycles. The summed E-state index contributed by atoms with van der Waals surface area (Å²) in [5.74, 6) is -3.34. The van der Waals surface area contributed by atoms with Crippen LogP contribution in [0.3, 0.4) is 0 Å². The molecule has 3 aliphatic rings. The Bertz CT molecular complexity index is 1260. The van der Waals surface area contributed by atoms with Gasteiger partial charge in [0, 0.05) is 18.4 Å². The minimum Gasteiger partial charge on any atom is -0.223 e. The minimum absolute atomic E-state index is 0.0787. The lowest BCUT2D eigenvalue weighted by atomic mass is 9.68. The Balaban J connectivity index is 1.80. The van der Waals surface area contributed by atoms with Gasteiger partial charge in [0.1, 0.15) is 11.7 Å². The van der Waals surface area contributed by atoms with Crippen LogP contribution in [0.15, 0.2) is 53.0 Å². The van der Waals surface area contributed by atoms with Crippen molar-refractivity contribution in [1.82, 2.24) is 4.72 Å². The Labute approximate surface area is 201 Å². The molecule has 2 fully saturated rings. The maximum atomic E-state index is 15.1. The number of rotatable bonds is 4. The summed E-state index contributed by atoms with van der Waals surface area (Å²) in [4.78, 5) is -0.407. The van der Waals surface area contributed by atoms with Crippen molar-refractivity contribution >= 4 is 19.9 Å². The quantitative estimate of drug-likeness (QED) is 0.533. The van der Waals surface area contributed by atoms with Gasteiger partial charge in [0.15, 0.2) is 9.84 Å². The molecule has 0 amide bonds. The van der Waals surface area contributed by atoms with Gasteiger partial charge in [-0.3, -0.25) is 0 Å². The van der Waals surface area contributed by atoms with Crippen LogP contribution in [0.1, 0.15) is 51.0 Å². The van der Waals surface area contributed by atoms with Crippen molar-refractivity contribution < 1.29 is 38.8 Å². The zero-order valence-corrected chi connectivity index (χ0v) is 20.5. The number of sulfonamides is 1. The molecule has 194 valence electrons. The SMILES string of the molecule is CC[C@H]1C[C@@H]2C[C@](C3CC(F)=CC=C3F)(S(=O)(=O)c3ccc(C(F)(F)F)cc3)CC[C@@H]2NS1(=O)=O. The zero-order valence-electron chi connectivity index (χ0n) is 18.9. The number of fused-ring (bicyclic) bond motifs is 1. The molecule has 12 heteroatoms. The van der Waals surface area contributed by atoms with Crippen LogP contribution in [0.4, 0.5) is 22.0 Å². The van der Waals surface area contributed by atoms with E-state index < -0.39 is 82.4 Å². The highest BCUT2D eigenvalue weighted by molar-refractivity contribution is 7.93. The van der Waals surface area contributed by atoms with E-state index >= 15 is 4.39 Å². The second kappa shape index (κ2) is 8.95. The first kappa shape index (κ1) is 26.3. The van der Waals surface area contributed by atoms with Crippen molar-refractivity contribution in [1.29, 1.82) is 0 Å². The maximum Gasteiger partial charge on any atom is 0.416 e. The van der Waals surface area contributed by atoms with E-state index in [0.717, 1.165) is 24.3 Å². The lowest BCUT2D eigenvalue weighted by Gasteiger charge is -2.50. The second-order valence-electron chi connectivity index (χ2n) is 9.55. The largest absolute Gasteiger partial charge is 0.416 e. The third-order valence-electron chi connectivity index (χ3n) is 7.65. The van der Waals surface area contributed by atoms with Crippen LogP contribution in [-0.2, 0) is 26.0 Å². The van der Waals surface area contributed by atoms with Crippen LogP contribution in [0.2, 0.25) is 0 Å². The van der Waals surface area contributed by atoms with E-state index in [1.54, 1.807) is 6.92 Å². The van der Waals surface area contributed by atoms with Crippen molar-refractivity contribution in [2.75, 3.05) is 0 Å². The number of hydrogen-bond donors (Lipinski definition) is 1. The Morgan fingerprint density at radius 1 is 1.11 bits per heavy atom. The van der Waals surface area contributed by atoms with Crippen molar-refractivity contribution in [3.8, 4) is 0 Å². The molecule has 0 radical (unpaired) electrons. The topological polar surface area (TPSA) is 80.3 Å². The van der Waals surface area contributed by atoms with E-state index in [1.165, 1.54) is 0 Å². The molecule has 1 saturated carbocycles. The van der Waals surface area contributed by atoms with Gasteiger partial charge < -0.3 is 0 Å². The first-order chi connectivity index (χ1) is 16.2. The molecule has 35 heavy (non-hydrogen) atoms. The zero-order chi connectivity index (χ0) is 25.8. The van der Waals surface area contributed by atoms with Crippen LogP contribution in [0, 0.1) is 11.8 Å². The molecule has 5 nitrogen and oxygen atoms in total. The maximum absolute atomic E-state index is 15.1. The van der Waals surface area contributed by atoms with Crippen molar-refractivity contribution in [2.24, 2.45) is 11.8 Å². The van der Waals surface area contributed by atoms with E-state index in [0.29, 0.717) is 18.6 Å². The van der Waals surface area contributed by atoms with E-state index in [1.807, 2.05) is 0 Å². The molecule has 1 saturated heterocycles. The summed E-state index contributed by atoms with van der Waals surface area (Å²) in [6, 6.07) is 2.46. The molecule has 1 unspecified atom stereocenters. The molecule has 5 atom stereocenters.